The Morgan fingerprint density at radius 2 is 0.835 bits per heavy atom. The van der Waals surface area contributed by atoms with E-state index in [0.29, 0.717) is 39.6 Å². The molecule has 5 nitrogen and oxygen atoms in total. The number of aromatic nitrogens is 5. The van der Waals surface area contributed by atoms with Crippen LogP contribution in [-0.2, 0) is 107 Å². The van der Waals surface area contributed by atoms with Crippen molar-refractivity contribution in [2.45, 2.75) is 170 Å². The topological polar surface area (TPSA) is 64.5 Å². The zero-order chi connectivity index (χ0) is 77.3. The van der Waals surface area contributed by atoms with Gasteiger partial charge in [-0.15, -0.1) is 179 Å². The second kappa shape index (κ2) is 41.3. The van der Waals surface area contributed by atoms with Gasteiger partial charge in [-0.3, -0.25) is 0 Å². The van der Waals surface area contributed by atoms with Crippen molar-refractivity contribution < 1.29 is 117 Å². The average Bonchev–Trinajstić information content (AvgIpc) is 0.772. The quantitative estimate of drug-likeness (QED) is 0.0850. The van der Waals surface area contributed by atoms with Crippen molar-refractivity contribution in [3.8, 4) is 56.3 Å². The maximum atomic E-state index is 7.78. The van der Waals surface area contributed by atoms with Crippen LogP contribution < -0.4 is 25.9 Å². The summed E-state index contributed by atoms with van der Waals surface area (Å²) in [6.45, 7) is 43.0. The molecule has 15 heteroatoms. The zero-order valence-corrected chi connectivity index (χ0v) is 76.7. The van der Waals surface area contributed by atoms with Gasteiger partial charge >= 0.3 is 0 Å². The molecule has 5 radical (unpaired) electrons. The smallest absolute Gasteiger partial charge is 0.0799 e. The summed E-state index contributed by atoms with van der Waals surface area (Å²) in [6.07, 6.45) is 17.9. The van der Waals surface area contributed by atoms with Crippen LogP contribution in [-0.4, -0.2) is 65.3 Å². The summed E-state index contributed by atoms with van der Waals surface area (Å²) < 4.78 is 91.7. The van der Waals surface area contributed by atoms with Crippen molar-refractivity contribution in [2.24, 2.45) is 5.92 Å². The molecule has 0 amide bonds. The summed E-state index contributed by atoms with van der Waals surface area (Å²) >= 11 is 0. The molecule has 0 atom stereocenters. The molecule has 0 N–H and O–H groups in total. The Morgan fingerprint density at radius 1 is 0.402 bits per heavy atom. The van der Waals surface area contributed by atoms with E-state index in [4.69, 9.17) is 21.4 Å². The van der Waals surface area contributed by atoms with Gasteiger partial charge in [0.25, 0.3) is 0 Å². The SMILES string of the molecule is C[Si](C)(C)c1cnc(-c2[c-]cccc2)c(CC2CCCCC2)c1.[2H]c1[c-]c(-c2cc(C(C)C)c([Si](C)(C)C)cn2)cc([2H])c1[2H].[2H]c1[c-]c(-c2cc(C)c([Si](C)(C)C)cn2)cc([2H])c1[2H].[2H]c1[c-]c(-c2ccc([Si](C)(C)C)cn2)cc([2H])c1[2H].[2H]c1[c-]c(-c2ncc([Si](C)(C)C)cc2C)cc([2H])c1[2H].[Ir].[Ir].[Ir].[Ir].[Ir]. The van der Waals surface area contributed by atoms with E-state index in [9.17, 15) is 0 Å². The Balaban J connectivity index is 0.000000458. The van der Waals surface area contributed by atoms with Crippen molar-refractivity contribution in [3.05, 3.63) is 241 Å². The molecule has 10 aromatic rings. The fraction of sp³-hybridized carbons (Fsp3) is 0.329. The molecule has 0 saturated heterocycles. The van der Waals surface area contributed by atoms with E-state index in [2.05, 4.69) is 212 Å². The maximum Gasteiger partial charge on any atom is 0.0799 e. The number of benzene rings is 5. The Kier molecular flexibility index (Phi) is 29.9. The number of hydrogen-bond acceptors (Lipinski definition) is 5. The van der Waals surface area contributed by atoms with Gasteiger partial charge in [0.1, 0.15) is 0 Å². The van der Waals surface area contributed by atoms with Gasteiger partial charge in [-0.1, -0.05) is 203 Å². The summed E-state index contributed by atoms with van der Waals surface area (Å²) in [6, 6.07) is 41.4. The third-order valence-corrected chi connectivity index (χ3v) is 26.4. The van der Waals surface area contributed by atoms with Gasteiger partial charge in [-0.25, -0.2) is 0 Å². The van der Waals surface area contributed by atoms with E-state index in [1.165, 1.54) is 87.2 Å². The summed E-state index contributed by atoms with van der Waals surface area (Å²) in [5.41, 5.74) is 12.6. The van der Waals surface area contributed by atoms with Crippen LogP contribution in [0.1, 0.15) is 90.6 Å². The predicted octanol–water partition coefficient (Wildman–Crippen LogP) is 19.3. The minimum atomic E-state index is -1.47. The van der Waals surface area contributed by atoms with Gasteiger partial charge in [0, 0.05) is 142 Å². The second-order valence-electron chi connectivity index (χ2n) is 29.3. The first-order chi connectivity index (χ1) is 48.3. The molecule has 5 aromatic carbocycles. The monoisotopic (exact) mass is 2270 g/mol. The van der Waals surface area contributed by atoms with Crippen LogP contribution >= 0.6 is 0 Å². The molecular formula is C82H102Ir5N5Si5-5. The van der Waals surface area contributed by atoms with Gasteiger partial charge in [0.05, 0.1) is 40.4 Å². The van der Waals surface area contributed by atoms with E-state index in [1.807, 2.05) is 56.0 Å². The third kappa shape index (κ3) is 27.8. The molecule has 525 valence electrons. The first kappa shape index (κ1) is 70.2. The minimum Gasteiger partial charge on any atom is -0.305 e. The van der Waals surface area contributed by atoms with Crippen LogP contribution in [0.5, 0.6) is 0 Å². The Labute approximate surface area is 675 Å². The molecule has 0 unspecified atom stereocenters. The minimum absolute atomic E-state index is 0. The van der Waals surface area contributed by atoms with Crippen molar-refractivity contribution >= 4 is 66.3 Å². The van der Waals surface area contributed by atoms with Crippen LogP contribution in [0, 0.1) is 50.1 Å². The molecule has 11 rings (SSSR count). The number of rotatable bonds is 13. The van der Waals surface area contributed by atoms with Crippen LogP contribution in [0.3, 0.4) is 0 Å². The average molecular weight is 2270 g/mol. The number of hydrogen-bond donors (Lipinski definition) is 0. The van der Waals surface area contributed by atoms with Crippen LogP contribution in [0.25, 0.3) is 56.3 Å². The summed E-state index contributed by atoms with van der Waals surface area (Å²) in [5, 5.41) is 6.69. The van der Waals surface area contributed by atoms with Crippen molar-refractivity contribution in [1.29, 1.82) is 0 Å². The first-order valence-corrected chi connectivity index (χ1v) is 49.7. The summed E-state index contributed by atoms with van der Waals surface area (Å²) in [7, 11) is -6.97. The largest absolute Gasteiger partial charge is 0.305 e. The van der Waals surface area contributed by atoms with Gasteiger partial charge < -0.3 is 24.9 Å². The standard InChI is InChI=1S/C21H28NSi.C17H22NSi.2C15H18NSi.C14H16NSi.5Ir/c1-23(2,3)20-15-19(14-17-10-6-4-7-11-17)21(22-16-20)18-12-8-5-9-13-18;1-13(2)15-11-16(14-9-7-6-8-10-14)18-12-17(15)19(3,4)5;1-12-10-14(13-8-6-5-7-9-13)16-11-15(12)17(2,3)4;1-12-10-14(17(2,3)4)11-16-15(12)13-8-6-5-7-9-13;1-16(2,3)13-9-10-14(15-11-13)12-7-5-4-6-8-12;;;;;/h5,8-9,12,15-17H,4,6-7,10-11,14H2,1-3H3;6-9,11-13H,1-5H3;2*5-8,10-11H,1-4H3;4-7,9-11H,1-3H3;;;;;/q5*-1;;;;;/i;6D,7D,8D;2*5D,6D,7D;4D,5D,6D;;;;;. The number of pyridine rings is 5. The van der Waals surface area contributed by atoms with Crippen molar-refractivity contribution in [2.75, 3.05) is 0 Å². The van der Waals surface area contributed by atoms with E-state index in [1.54, 1.807) is 18.2 Å². The van der Waals surface area contributed by atoms with Gasteiger partial charge in [-0.05, 0) is 92.0 Å². The van der Waals surface area contributed by atoms with E-state index in [0.717, 1.165) is 34.1 Å². The fourth-order valence-electron chi connectivity index (χ4n) is 10.7. The van der Waals surface area contributed by atoms with Crippen LogP contribution in [0.15, 0.2) is 188 Å². The molecule has 1 saturated carbocycles. The number of aryl methyl sites for hydroxylation is 2. The molecule has 1 aliphatic carbocycles. The van der Waals surface area contributed by atoms with Crippen LogP contribution in [0.2, 0.25) is 98.2 Å². The third-order valence-electron chi connectivity index (χ3n) is 16.2. The van der Waals surface area contributed by atoms with Crippen molar-refractivity contribution in [1.82, 2.24) is 24.9 Å². The molecule has 0 bridgehead atoms. The first-order valence-electron chi connectivity index (χ1n) is 38.2. The molecule has 0 aliphatic heterocycles. The van der Waals surface area contributed by atoms with Crippen molar-refractivity contribution in [3.63, 3.8) is 0 Å². The summed E-state index contributed by atoms with van der Waals surface area (Å²) in [5.74, 6) is 1.23. The maximum absolute atomic E-state index is 7.78. The Morgan fingerprint density at radius 3 is 1.27 bits per heavy atom. The normalized spacial score (nSPS) is 13.9. The molecule has 5 heterocycles. The molecule has 0 spiro atoms. The van der Waals surface area contributed by atoms with Gasteiger partial charge in [0.2, 0.25) is 0 Å². The fourth-order valence-corrected chi connectivity index (χ4v) is 17.3. The molecule has 97 heavy (non-hydrogen) atoms. The van der Waals surface area contributed by atoms with E-state index >= 15 is 0 Å². The van der Waals surface area contributed by atoms with Gasteiger partial charge in [-0.2, -0.15) is 0 Å². The molecule has 5 aromatic heterocycles. The van der Waals surface area contributed by atoms with Crippen LogP contribution in [0.4, 0.5) is 0 Å². The zero-order valence-electron chi connectivity index (χ0n) is 71.8. The molecular weight excluding hydrogens is 2160 g/mol. The Bertz CT molecular complexity index is 4570. The predicted molar refractivity (Wildman–Crippen MR) is 411 cm³/mol. The van der Waals surface area contributed by atoms with Gasteiger partial charge in [0.15, 0.2) is 0 Å². The van der Waals surface area contributed by atoms with E-state index in [-0.39, 0.29) is 173 Å². The Hall–Kier alpha value is -3.82. The second-order valence-corrected chi connectivity index (χ2v) is 54.6. The van der Waals surface area contributed by atoms with E-state index < -0.39 is 40.4 Å². The molecule has 1 fully saturated rings. The summed E-state index contributed by atoms with van der Waals surface area (Å²) in [4.78, 5) is 22.8. The molecule has 1 aliphatic rings. The number of nitrogens with zero attached hydrogens (tertiary/aromatic N) is 5.